The van der Waals surface area contributed by atoms with Gasteiger partial charge in [0.2, 0.25) is 0 Å². The number of fused-ring (bicyclic) bond motifs is 1. The molecular weight excluding hydrogens is 228 g/mol. The molecule has 3 nitrogen and oxygen atoms in total. The lowest BCUT2D eigenvalue weighted by Crippen LogP contribution is -1.90. The van der Waals surface area contributed by atoms with E-state index in [2.05, 4.69) is 0 Å². The van der Waals surface area contributed by atoms with E-state index >= 15 is 0 Å². The molecule has 2 rings (SSSR count). The van der Waals surface area contributed by atoms with Crippen LogP contribution in [0.2, 0.25) is 5.02 Å². The summed E-state index contributed by atoms with van der Waals surface area (Å²) in [6.45, 7) is 1.67. The highest BCUT2D eigenvalue weighted by molar-refractivity contribution is 6.31. The van der Waals surface area contributed by atoms with E-state index in [9.17, 15) is 10.2 Å². The average Bonchev–Trinajstić information content (AvgIpc) is 2.27. The molecule has 0 fully saturated rings. The van der Waals surface area contributed by atoms with Gasteiger partial charge in [-0.3, -0.25) is 0 Å². The predicted molar refractivity (Wildman–Crippen MR) is 63.6 cm³/mol. The van der Waals surface area contributed by atoms with Crippen LogP contribution in [0.3, 0.4) is 0 Å². The number of benzene rings is 2. The fraction of sp³-hybridized carbons (Fsp3) is 0.167. The Balaban J connectivity index is 2.95. The molecule has 0 aliphatic rings. The molecule has 2 aromatic carbocycles. The van der Waals surface area contributed by atoms with Crippen molar-refractivity contribution < 1.29 is 14.9 Å². The van der Waals surface area contributed by atoms with Crippen LogP contribution in [-0.2, 0) is 0 Å². The molecule has 0 aliphatic heterocycles. The fourth-order valence-corrected chi connectivity index (χ4v) is 1.95. The summed E-state index contributed by atoms with van der Waals surface area (Å²) in [7, 11) is 1.45. The van der Waals surface area contributed by atoms with Crippen molar-refractivity contribution in [2.75, 3.05) is 7.11 Å². The van der Waals surface area contributed by atoms with E-state index in [-0.39, 0.29) is 17.2 Å². The topological polar surface area (TPSA) is 49.7 Å². The number of phenolic OH excluding ortho intramolecular Hbond substituents is 2. The molecule has 0 atom stereocenters. The fourth-order valence-electron chi connectivity index (χ4n) is 1.78. The second-order valence-electron chi connectivity index (χ2n) is 3.55. The van der Waals surface area contributed by atoms with E-state index in [0.717, 1.165) is 0 Å². The minimum atomic E-state index is 0.0180. The molecule has 0 amide bonds. The van der Waals surface area contributed by atoms with Gasteiger partial charge in [0.25, 0.3) is 0 Å². The lowest BCUT2D eigenvalue weighted by atomic mass is 10.0. The Kier molecular flexibility index (Phi) is 2.56. The zero-order chi connectivity index (χ0) is 11.9. The monoisotopic (exact) mass is 238 g/mol. The number of methoxy groups -OCH3 is 1. The van der Waals surface area contributed by atoms with Crippen LogP contribution in [0.1, 0.15) is 5.56 Å². The van der Waals surface area contributed by atoms with Crippen LogP contribution in [0.5, 0.6) is 17.2 Å². The zero-order valence-electron chi connectivity index (χ0n) is 8.91. The minimum Gasteiger partial charge on any atom is -0.507 e. The van der Waals surface area contributed by atoms with Crippen molar-refractivity contribution in [3.05, 3.63) is 28.8 Å². The number of aromatic hydroxyl groups is 2. The summed E-state index contributed by atoms with van der Waals surface area (Å²) in [6.07, 6.45) is 0. The molecule has 0 radical (unpaired) electrons. The van der Waals surface area contributed by atoms with Crippen molar-refractivity contribution in [2.24, 2.45) is 0 Å². The van der Waals surface area contributed by atoms with E-state index in [1.807, 2.05) is 0 Å². The first-order valence-corrected chi connectivity index (χ1v) is 5.11. The SMILES string of the molecule is COc1c(C)c(O)c2cc(Cl)ccc2c1O. The maximum atomic E-state index is 9.97. The quantitative estimate of drug-likeness (QED) is 0.750. The van der Waals surface area contributed by atoms with Gasteiger partial charge in [-0.05, 0) is 25.1 Å². The van der Waals surface area contributed by atoms with Crippen LogP contribution in [0.25, 0.3) is 10.8 Å². The van der Waals surface area contributed by atoms with Gasteiger partial charge in [0.05, 0.1) is 7.11 Å². The molecule has 84 valence electrons. The Hall–Kier alpha value is -1.61. The molecule has 0 saturated heterocycles. The van der Waals surface area contributed by atoms with Gasteiger partial charge in [0.15, 0.2) is 11.5 Å². The lowest BCUT2D eigenvalue weighted by Gasteiger charge is -2.12. The smallest absolute Gasteiger partial charge is 0.167 e. The summed E-state index contributed by atoms with van der Waals surface area (Å²) in [5.41, 5.74) is 0.495. The van der Waals surface area contributed by atoms with Crippen molar-refractivity contribution in [3.8, 4) is 17.2 Å². The molecule has 0 aromatic heterocycles. The molecule has 0 saturated carbocycles. The molecule has 0 aliphatic carbocycles. The Morgan fingerprint density at radius 3 is 2.44 bits per heavy atom. The maximum Gasteiger partial charge on any atom is 0.167 e. The second-order valence-corrected chi connectivity index (χ2v) is 3.98. The molecular formula is C12H11ClO3. The molecule has 16 heavy (non-hydrogen) atoms. The molecule has 2 aromatic rings. The van der Waals surface area contributed by atoms with Crippen molar-refractivity contribution in [3.63, 3.8) is 0 Å². The first kappa shape index (κ1) is 10.9. The third kappa shape index (κ3) is 1.44. The number of hydrogen-bond donors (Lipinski definition) is 2. The van der Waals surface area contributed by atoms with Crippen molar-refractivity contribution in [1.29, 1.82) is 0 Å². The van der Waals surface area contributed by atoms with Crippen LogP contribution >= 0.6 is 11.6 Å². The summed E-state index contributed by atoms with van der Waals surface area (Å²) in [5, 5.41) is 21.5. The molecule has 2 N–H and O–H groups in total. The van der Waals surface area contributed by atoms with Gasteiger partial charge in [0.1, 0.15) is 5.75 Å². The standard InChI is InChI=1S/C12H11ClO3/c1-6-10(14)9-5-7(13)3-4-8(9)11(15)12(6)16-2/h3-5,14-15H,1-2H3. The Morgan fingerprint density at radius 1 is 1.12 bits per heavy atom. The number of rotatable bonds is 1. The molecule has 0 spiro atoms. The zero-order valence-corrected chi connectivity index (χ0v) is 9.67. The Bertz CT molecular complexity index is 564. The Morgan fingerprint density at radius 2 is 1.81 bits per heavy atom. The van der Waals surface area contributed by atoms with Gasteiger partial charge in [-0.25, -0.2) is 0 Å². The third-order valence-electron chi connectivity index (χ3n) is 2.61. The van der Waals surface area contributed by atoms with E-state index in [1.165, 1.54) is 7.11 Å². The predicted octanol–water partition coefficient (Wildman–Crippen LogP) is 3.22. The molecule has 0 bridgehead atoms. The van der Waals surface area contributed by atoms with Gasteiger partial charge in [0, 0.05) is 21.4 Å². The third-order valence-corrected chi connectivity index (χ3v) is 2.84. The van der Waals surface area contributed by atoms with Gasteiger partial charge in [-0.15, -0.1) is 0 Å². The lowest BCUT2D eigenvalue weighted by molar-refractivity contribution is 0.369. The van der Waals surface area contributed by atoms with Gasteiger partial charge >= 0.3 is 0 Å². The largest absolute Gasteiger partial charge is 0.507 e. The normalized spacial score (nSPS) is 10.7. The summed E-state index contributed by atoms with van der Waals surface area (Å²) in [5.74, 6) is 0.379. The van der Waals surface area contributed by atoms with Crippen molar-refractivity contribution >= 4 is 22.4 Å². The molecule has 0 heterocycles. The van der Waals surface area contributed by atoms with E-state index in [0.29, 0.717) is 21.4 Å². The summed E-state index contributed by atoms with van der Waals surface area (Å²) < 4.78 is 5.05. The number of hydrogen-bond acceptors (Lipinski definition) is 3. The summed E-state index contributed by atoms with van der Waals surface area (Å²) >= 11 is 5.85. The highest BCUT2D eigenvalue weighted by atomic mass is 35.5. The van der Waals surface area contributed by atoms with Crippen LogP contribution in [-0.4, -0.2) is 17.3 Å². The number of phenols is 2. The van der Waals surface area contributed by atoms with Crippen molar-refractivity contribution in [1.82, 2.24) is 0 Å². The van der Waals surface area contributed by atoms with Crippen LogP contribution in [0.15, 0.2) is 18.2 Å². The van der Waals surface area contributed by atoms with Gasteiger partial charge in [-0.1, -0.05) is 11.6 Å². The number of ether oxygens (including phenoxy) is 1. The van der Waals surface area contributed by atoms with E-state index in [4.69, 9.17) is 16.3 Å². The molecule has 4 heteroatoms. The molecule has 0 unspecified atom stereocenters. The van der Waals surface area contributed by atoms with Gasteiger partial charge in [-0.2, -0.15) is 0 Å². The van der Waals surface area contributed by atoms with Crippen LogP contribution < -0.4 is 4.74 Å². The van der Waals surface area contributed by atoms with E-state index in [1.54, 1.807) is 25.1 Å². The minimum absolute atomic E-state index is 0.0180. The Labute approximate surface area is 97.8 Å². The van der Waals surface area contributed by atoms with Crippen LogP contribution in [0.4, 0.5) is 0 Å². The second kappa shape index (κ2) is 3.76. The number of halogens is 1. The van der Waals surface area contributed by atoms with E-state index < -0.39 is 0 Å². The van der Waals surface area contributed by atoms with Gasteiger partial charge < -0.3 is 14.9 Å². The average molecular weight is 239 g/mol. The summed E-state index contributed by atoms with van der Waals surface area (Å²) in [4.78, 5) is 0. The first-order valence-electron chi connectivity index (χ1n) is 4.74. The first-order chi connectivity index (χ1) is 7.56. The van der Waals surface area contributed by atoms with Crippen molar-refractivity contribution in [2.45, 2.75) is 6.92 Å². The van der Waals surface area contributed by atoms with Crippen LogP contribution in [0, 0.1) is 6.92 Å². The maximum absolute atomic E-state index is 9.97. The highest BCUT2D eigenvalue weighted by Gasteiger charge is 2.16. The summed E-state index contributed by atoms with van der Waals surface area (Å²) in [6, 6.07) is 4.91. The highest BCUT2D eigenvalue weighted by Crippen LogP contribution is 2.44.